The van der Waals surface area contributed by atoms with Crippen LogP contribution in [0.15, 0.2) is 42.5 Å². The van der Waals surface area contributed by atoms with Crippen LogP contribution in [0.5, 0.6) is 5.75 Å². The molecule has 0 aromatic heterocycles. The van der Waals surface area contributed by atoms with Crippen molar-refractivity contribution in [3.8, 4) is 5.75 Å². The van der Waals surface area contributed by atoms with E-state index >= 15 is 0 Å². The molecule has 0 radical (unpaired) electrons. The summed E-state index contributed by atoms with van der Waals surface area (Å²) in [4.78, 5) is 24.1. The Labute approximate surface area is 145 Å². The number of alkyl halides is 3. The molecule has 3 rings (SSSR count). The molecule has 0 fully saturated rings. The molecule has 6 nitrogen and oxygen atoms in total. The number of halogens is 3. The molecule has 1 heterocycles. The molecule has 2 aromatic rings. The van der Waals surface area contributed by atoms with Crippen LogP contribution in [0.25, 0.3) is 0 Å². The van der Waals surface area contributed by atoms with E-state index in [9.17, 15) is 28.1 Å². The van der Waals surface area contributed by atoms with E-state index in [4.69, 9.17) is 4.74 Å². The molecule has 0 aliphatic carbocycles. The van der Waals surface area contributed by atoms with Crippen LogP contribution in [-0.4, -0.2) is 24.0 Å². The normalized spacial score (nSPS) is 13.4. The molecule has 2 aromatic carbocycles. The van der Waals surface area contributed by atoms with E-state index in [1.807, 2.05) is 0 Å². The van der Waals surface area contributed by atoms with Crippen molar-refractivity contribution >= 4 is 17.3 Å². The van der Waals surface area contributed by atoms with E-state index in [0.717, 1.165) is 29.8 Å². The number of non-ortho nitro benzene ring substituents is 1. The molecule has 0 unspecified atom stereocenters. The summed E-state index contributed by atoms with van der Waals surface area (Å²) in [6, 6.07) is 8.34. The fourth-order valence-electron chi connectivity index (χ4n) is 2.70. The van der Waals surface area contributed by atoms with Gasteiger partial charge in [-0.05, 0) is 36.2 Å². The van der Waals surface area contributed by atoms with Gasteiger partial charge in [0.15, 0.2) is 6.61 Å². The Kier molecular flexibility index (Phi) is 4.54. The summed E-state index contributed by atoms with van der Waals surface area (Å²) in [5.41, 5.74) is 0.350. The van der Waals surface area contributed by atoms with Crippen LogP contribution in [0.4, 0.5) is 24.5 Å². The number of nitro benzene ring substituents is 1. The fraction of sp³-hybridized carbons (Fsp3) is 0.235. The second kappa shape index (κ2) is 6.66. The number of nitro groups is 1. The van der Waals surface area contributed by atoms with Crippen LogP contribution in [0, 0.1) is 10.1 Å². The van der Waals surface area contributed by atoms with Gasteiger partial charge in [0, 0.05) is 18.7 Å². The zero-order valence-corrected chi connectivity index (χ0v) is 13.3. The summed E-state index contributed by atoms with van der Waals surface area (Å²) in [5.74, 6) is -0.297. The van der Waals surface area contributed by atoms with E-state index in [2.05, 4.69) is 0 Å². The fourth-order valence-corrected chi connectivity index (χ4v) is 2.70. The van der Waals surface area contributed by atoms with Crippen molar-refractivity contribution in [3.05, 3.63) is 63.7 Å². The van der Waals surface area contributed by atoms with E-state index in [1.165, 1.54) is 17.0 Å². The second-order valence-corrected chi connectivity index (χ2v) is 5.68. The van der Waals surface area contributed by atoms with E-state index < -0.39 is 22.6 Å². The number of nitrogens with zero attached hydrogens (tertiary/aromatic N) is 2. The Balaban J connectivity index is 1.67. The number of benzene rings is 2. The Morgan fingerprint density at radius 2 is 1.88 bits per heavy atom. The van der Waals surface area contributed by atoms with Crippen molar-refractivity contribution in [2.45, 2.75) is 12.6 Å². The van der Waals surface area contributed by atoms with Crippen molar-refractivity contribution in [1.82, 2.24) is 0 Å². The van der Waals surface area contributed by atoms with Crippen LogP contribution < -0.4 is 9.64 Å². The number of fused-ring (bicyclic) bond motifs is 1. The van der Waals surface area contributed by atoms with Gasteiger partial charge in [0.2, 0.25) is 0 Å². The maximum atomic E-state index is 12.5. The average Bonchev–Trinajstić information content (AvgIpc) is 3.02. The molecule has 26 heavy (non-hydrogen) atoms. The van der Waals surface area contributed by atoms with Gasteiger partial charge >= 0.3 is 6.18 Å². The van der Waals surface area contributed by atoms with E-state index in [-0.39, 0.29) is 18.0 Å². The first-order valence-corrected chi connectivity index (χ1v) is 7.63. The summed E-state index contributed by atoms with van der Waals surface area (Å²) in [6.07, 6.45) is -3.87. The molecule has 0 saturated heterocycles. The first kappa shape index (κ1) is 17.7. The van der Waals surface area contributed by atoms with Crippen LogP contribution in [0.2, 0.25) is 0 Å². The summed E-state index contributed by atoms with van der Waals surface area (Å²) in [6.45, 7) is -0.0147. The van der Waals surface area contributed by atoms with E-state index in [1.54, 1.807) is 6.07 Å². The highest BCUT2D eigenvalue weighted by molar-refractivity contribution is 5.96. The minimum Gasteiger partial charge on any atom is -0.484 e. The largest absolute Gasteiger partial charge is 0.484 e. The lowest BCUT2D eigenvalue weighted by atomic mass is 10.1. The van der Waals surface area contributed by atoms with Crippen molar-refractivity contribution in [1.29, 1.82) is 0 Å². The topological polar surface area (TPSA) is 72.7 Å². The molecular formula is C17H13F3N2O4. The molecular weight excluding hydrogens is 353 g/mol. The molecule has 136 valence electrons. The lowest BCUT2D eigenvalue weighted by Gasteiger charge is -2.17. The van der Waals surface area contributed by atoms with Crippen molar-refractivity contribution in [2.24, 2.45) is 0 Å². The Morgan fingerprint density at radius 3 is 2.50 bits per heavy atom. The van der Waals surface area contributed by atoms with Gasteiger partial charge in [0.05, 0.1) is 16.2 Å². The van der Waals surface area contributed by atoms with Crippen molar-refractivity contribution in [3.63, 3.8) is 0 Å². The van der Waals surface area contributed by atoms with Crippen LogP contribution in [-0.2, 0) is 17.4 Å². The minimum absolute atomic E-state index is 0.118. The highest BCUT2D eigenvalue weighted by Crippen LogP contribution is 2.32. The molecule has 0 N–H and O–H groups in total. The summed E-state index contributed by atoms with van der Waals surface area (Å²) < 4.78 is 42.8. The number of hydrogen-bond acceptors (Lipinski definition) is 4. The van der Waals surface area contributed by atoms with Crippen molar-refractivity contribution in [2.75, 3.05) is 18.1 Å². The van der Waals surface area contributed by atoms with Gasteiger partial charge in [0.1, 0.15) is 5.75 Å². The lowest BCUT2D eigenvalue weighted by molar-refractivity contribution is -0.384. The van der Waals surface area contributed by atoms with Crippen LogP contribution in [0.3, 0.4) is 0 Å². The van der Waals surface area contributed by atoms with Gasteiger partial charge in [-0.3, -0.25) is 14.9 Å². The number of anilines is 1. The van der Waals surface area contributed by atoms with E-state index in [0.29, 0.717) is 18.7 Å². The quantitative estimate of drug-likeness (QED) is 0.612. The number of ether oxygens (including phenoxy) is 1. The van der Waals surface area contributed by atoms with Gasteiger partial charge in [-0.15, -0.1) is 0 Å². The predicted octanol–water partition coefficient (Wildman–Crippen LogP) is 3.58. The maximum Gasteiger partial charge on any atom is 0.416 e. The zero-order chi connectivity index (χ0) is 18.9. The Morgan fingerprint density at radius 1 is 1.19 bits per heavy atom. The first-order valence-electron chi connectivity index (χ1n) is 7.63. The van der Waals surface area contributed by atoms with Crippen LogP contribution >= 0.6 is 0 Å². The van der Waals surface area contributed by atoms with Gasteiger partial charge in [-0.25, -0.2) is 0 Å². The average molecular weight is 366 g/mol. The van der Waals surface area contributed by atoms with Gasteiger partial charge in [-0.1, -0.05) is 6.07 Å². The molecule has 1 aliphatic heterocycles. The number of carbonyl (C=O) groups is 1. The number of carbonyl (C=O) groups excluding carboxylic acids is 1. The minimum atomic E-state index is -4.44. The van der Waals surface area contributed by atoms with Gasteiger partial charge in [0.25, 0.3) is 11.6 Å². The highest BCUT2D eigenvalue weighted by Gasteiger charge is 2.30. The molecule has 0 saturated carbocycles. The highest BCUT2D eigenvalue weighted by atomic mass is 19.4. The number of amides is 1. The van der Waals surface area contributed by atoms with Crippen LogP contribution in [0.1, 0.15) is 11.1 Å². The molecule has 0 bridgehead atoms. The molecule has 1 amide bonds. The summed E-state index contributed by atoms with van der Waals surface area (Å²) in [5, 5.41) is 10.9. The lowest BCUT2D eigenvalue weighted by Crippen LogP contribution is -2.33. The SMILES string of the molecule is O=C(COc1ccc(C(F)(F)F)cc1)N1CCc2ccc([N+](=O)[O-])cc21. The molecule has 0 spiro atoms. The first-order chi connectivity index (χ1) is 12.3. The third kappa shape index (κ3) is 3.61. The summed E-state index contributed by atoms with van der Waals surface area (Å²) in [7, 11) is 0. The molecule has 1 aliphatic rings. The Hall–Kier alpha value is -3.10. The molecule has 9 heteroatoms. The molecule has 0 atom stereocenters. The van der Waals surface area contributed by atoms with Crippen molar-refractivity contribution < 1.29 is 27.6 Å². The number of rotatable bonds is 4. The van der Waals surface area contributed by atoms with Gasteiger partial charge in [-0.2, -0.15) is 13.2 Å². The smallest absolute Gasteiger partial charge is 0.416 e. The zero-order valence-electron chi connectivity index (χ0n) is 13.3. The van der Waals surface area contributed by atoms with Gasteiger partial charge < -0.3 is 9.64 Å². The third-order valence-electron chi connectivity index (χ3n) is 4.02. The second-order valence-electron chi connectivity index (χ2n) is 5.68. The monoisotopic (exact) mass is 366 g/mol. The number of hydrogen-bond donors (Lipinski definition) is 0. The third-order valence-corrected chi connectivity index (χ3v) is 4.02. The maximum absolute atomic E-state index is 12.5. The summed E-state index contributed by atoms with van der Waals surface area (Å²) >= 11 is 0. The predicted molar refractivity (Wildman–Crippen MR) is 86.1 cm³/mol. The standard InChI is InChI=1S/C17H13F3N2O4/c18-17(19,20)12-2-5-14(6-3-12)26-10-16(23)21-8-7-11-1-4-13(22(24)25)9-15(11)21/h1-6,9H,7-8,10H2. The Bertz CT molecular complexity index is 850.